The first-order valence-corrected chi connectivity index (χ1v) is 10.3. The van der Waals surface area contributed by atoms with Crippen molar-refractivity contribution < 1.29 is 17.9 Å². The highest BCUT2D eigenvalue weighted by atomic mass is 79.9. The van der Waals surface area contributed by atoms with Gasteiger partial charge < -0.3 is 10.1 Å². The molecule has 0 radical (unpaired) electrons. The van der Waals surface area contributed by atoms with Gasteiger partial charge in [-0.1, -0.05) is 13.8 Å². The van der Waals surface area contributed by atoms with E-state index in [-0.39, 0.29) is 16.9 Å². The Labute approximate surface area is 151 Å². The van der Waals surface area contributed by atoms with Crippen molar-refractivity contribution in [3.8, 4) is 0 Å². The summed E-state index contributed by atoms with van der Waals surface area (Å²) in [5.41, 5.74) is 0.307. The summed E-state index contributed by atoms with van der Waals surface area (Å²) in [6.45, 7) is 5.50. The van der Waals surface area contributed by atoms with E-state index in [4.69, 9.17) is 4.74 Å². The number of benzene rings is 1. The van der Waals surface area contributed by atoms with Crippen LogP contribution in [0.25, 0.3) is 0 Å². The lowest BCUT2D eigenvalue weighted by atomic mass is 10.2. The number of ether oxygens (including phenoxy) is 1. The Hall–Kier alpha value is -0.960. The molecule has 0 bridgehead atoms. The van der Waals surface area contributed by atoms with Crippen LogP contribution in [-0.4, -0.2) is 51.0 Å². The highest BCUT2D eigenvalue weighted by Gasteiger charge is 2.24. The maximum Gasteiger partial charge on any atom is 0.252 e. The third-order valence-electron chi connectivity index (χ3n) is 4.04. The van der Waals surface area contributed by atoms with Gasteiger partial charge in [-0.2, -0.15) is 4.31 Å². The molecule has 0 spiro atoms. The van der Waals surface area contributed by atoms with Crippen LogP contribution in [0.4, 0.5) is 0 Å². The van der Waals surface area contributed by atoms with Gasteiger partial charge in [-0.05, 0) is 47.0 Å². The number of hydrogen-bond acceptors (Lipinski definition) is 4. The standard InChI is InChI=1S/C16H23BrN2O4S/c1-3-19(4-2)24(21,22)13-7-8-15(17)14(10-13)16(20)18-11-12-6-5-9-23-12/h7-8,10,12H,3-6,9,11H2,1-2H3,(H,18,20)/t12-/m0/s1. The van der Waals surface area contributed by atoms with E-state index in [2.05, 4.69) is 21.2 Å². The molecule has 1 aromatic rings. The molecule has 0 saturated carbocycles. The van der Waals surface area contributed by atoms with Crippen LogP contribution in [0.2, 0.25) is 0 Å². The zero-order valence-electron chi connectivity index (χ0n) is 13.9. The van der Waals surface area contributed by atoms with Crippen LogP contribution in [0, 0.1) is 0 Å². The van der Waals surface area contributed by atoms with Crippen LogP contribution in [0.3, 0.4) is 0 Å². The number of amides is 1. The van der Waals surface area contributed by atoms with E-state index in [1.54, 1.807) is 19.9 Å². The van der Waals surface area contributed by atoms with Crippen LogP contribution < -0.4 is 5.32 Å². The topological polar surface area (TPSA) is 75.7 Å². The molecule has 1 N–H and O–H groups in total. The molecule has 1 aliphatic heterocycles. The molecule has 24 heavy (non-hydrogen) atoms. The molecule has 1 heterocycles. The Morgan fingerprint density at radius 3 is 2.67 bits per heavy atom. The first-order chi connectivity index (χ1) is 11.4. The summed E-state index contributed by atoms with van der Waals surface area (Å²) in [4.78, 5) is 12.5. The number of halogens is 1. The van der Waals surface area contributed by atoms with Gasteiger partial charge in [0.2, 0.25) is 10.0 Å². The first-order valence-electron chi connectivity index (χ1n) is 8.09. The molecule has 134 valence electrons. The van der Waals surface area contributed by atoms with Crippen molar-refractivity contribution in [3.05, 3.63) is 28.2 Å². The van der Waals surface area contributed by atoms with Gasteiger partial charge in [-0.3, -0.25) is 4.79 Å². The summed E-state index contributed by atoms with van der Waals surface area (Å²) in [6, 6.07) is 4.52. The second-order valence-corrected chi connectivity index (χ2v) is 8.37. The molecular weight excluding hydrogens is 396 g/mol. The van der Waals surface area contributed by atoms with Gasteiger partial charge in [0.15, 0.2) is 0 Å². The van der Waals surface area contributed by atoms with Crippen LogP contribution in [0.1, 0.15) is 37.0 Å². The fourth-order valence-corrected chi connectivity index (χ4v) is 4.57. The molecule has 0 aliphatic carbocycles. The normalized spacial score (nSPS) is 18.1. The molecule has 0 aromatic heterocycles. The monoisotopic (exact) mass is 418 g/mol. The predicted molar refractivity (Wildman–Crippen MR) is 95.6 cm³/mol. The molecule has 1 aliphatic rings. The number of rotatable bonds is 7. The van der Waals surface area contributed by atoms with Crippen molar-refractivity contribution >= 4 is 31.9 Å². The summed E-state index contributed by atoms with van der Waals surface area (Å²) in [7, 11) is -3.60. The molecule has 8 heteroatoms. The molecule has 6 nitrogen and oxygen atoms in total. The number of nitrogens with one attached hydrogen (secondary N) is 1. The number of carbonyl (C=O) groups excluding carboxylic acids is 1. The fourth-order valence-electron chi connectivity index (χ4n) is 2.66. The van der Waals surface area contributed by atoms with Crippen molar-refractivity contribution in [2.45, 2.75) is 37.7 Å². The minimum Gasteiger partial charge on any atom is -0.376 e. The molecule has 1 saturated heterocycles. The molecule has 1 amide bonds. The smallest absolute Gasteiger partial charge is 0.252 e. The SMILES string of the molecule is CCN(CC)S(=O)(=O)c1ccc(Br)c(C(=O)NC[C@@H]2CCCO2)c1. The third kappa shape index (κ3) is 4.36. The van der Waals surface area contributed by atoms with E-state index in [1.807, 2.05) is 0 Å². The molecule has 1 aromatic carbocycles. The first kappa shape index (κ1) is 19.4. The van der Waals surface area contributed by atoms with Crippen LogP contribution in [-0.2, 0) is 14.8 Å². The van der Waals surface area contributed by atoms with E-state index in [0.717, 1.165) is 19.4 Å². The second kappa shape index (κ2) is 8.42. The summed E-state index contributed by atoms with van der Waals surface area (Å²) >= 11 is 3.32. The van der Waals surface area contributed by atoms with Gasteiger partial charge in [0.1, 0.15) is 0 Å². The van der Waals surface area contributed by atoms with E-state index in [9.17, 15) is 13.2 Å². The average Bonchev–Trinajstić information content (AvgIpc) is 3.07. The predicted octanol–water partition coefficient (Wildman–Crippen LogP) is 2.39. The summed E-state index contributed by atoms with van der Waals surface area (Å²) in [6.07, 6.45) is 1.97. The maximum atomic E-state index is 12.6. The third-order valence-corrected chi connectivity index (χ3v) is 6.78. The van der Waals surface area contributed by atoms with Crippen molar-refractivity contribution in [2.24, 2.45) is 0 Å². The summed E-state index contributed by atoms with van der Waals surface area (Å²) < 4.78 is 32.6. The minimum atomic E-state index is -3.60. The average molecular weight is 419 g/mol. The van der Waals surface area contributed by atoms with Gasteiger partial charge in [0, 0.05) is 30.7 Å². The molecular formula is C16H23BrN2O4S. The van der Waals surface area contributed by atoms with Gasteiger partial charge in [0.05, 0.1) is 16.6 Å². The highest BCUT2D eigenvalue weighted by Crippen LogP contribution is 2.23. The van der Waals surface area contributed by atoms with Gasteiger partial charge in [-0.25, -0.2) is 8.42 Å². The van der Waals surface area contributed by atoms with Crippen molar-refractivity contribution in [1.29, 1.82) is 0 Å². The maximum absolute atomic E-state index is 12.6. The summed E-state index contributed by atoms with van der Waals surface area (Å²) in [5.74, 6) is -0.311. The number of carbonyl (C=O) groups is 1. The molecule has 2 rings (SSSR count). The van der Waals surface area contributed by atoms with Crippen LogP contribution in [0.5, 0.6) is 0 Å². The van der Waals surface area contributed by atoms with E-state index in [0.29, 0.717) is 29.7 Å². The quantitative estimate of drug-likeness (QED) is 0.737. The Bertz CT molecular complexity index is 683. The van der Waals surface area contributed by atoms with E-state index >= 15 is 0 Å². The minimum absolute atomic E-state index is 0.0373. The molecule has 1 atom stereocenters. The Morgan fingerprint density at radius 2 is 2.08 bits per heavy atom. The lowest BCUT2D eigenvalue weighted by Gasteiger charge is -2.19. The van der Waals surface area contributed by atoms with E-state index < -0.39 is 10.0 Å². The lowest BCUT2D eigenvalue weighted by molar-refractivity contribution is 0.0857. The van der Waals surface area contributed by atoms with Crippen molar-refractivity contribution in [1.82, 2.24) is 9.62 Å². The van der Waals surface area contributed by atoms with Crippen LogP contribution in [0.15, 0.2) is 27.6 Å². The zero-order chi connectivity index (χ0) is 17.7. The molecule has 0 unspecified atom stereocenters. The number of nitrogens with zero attached hydrogens (tertiary/aromatic N) is 1. The van der Waals surface area contributed by atoms with Crippen LogP contribution >= 0.6 is 15.9 Å². The zero-order valence-corrected chi connectivity index (χ0v) is 16.3. The highest BCUT2D eigenvalue weighted by molar-refractivity contribution is 9.10. The Kier molecular flexibility index (Phi) is 6.79. The van der Waals surface area contributed by atoms with Crippen molar-refractivity contribution in [2.75, 3.05) is 26.2 Å². The van der Waals surface area contributed by atoms with Gasteiger partial charge in [-0.15, -0.1) is 0 Å². The van der Waals surface area contributed by atoms with Crippen molar-refractivity contribution in [3.63, 3.8) is 0 Å². The van der Waals surface area contributed by atoms with E-state index in [1.165, 1.54) is 16.4 Å². The number of hydrogen-bond donors (Lipinski definition) is 1. The largest absolute Gasteiger partial charge is 0.376 e. The fraction of sp³-hybridized carbons (Fsp3) is 0.562. The molecule has 1 fully saturated rings. The summed E-state index contributed by atoms with van der Waals surface area (Å²) in [5, 5.41) is 2.82. The Morgan fingerprint density at radius 1 is 1.38 bits per heavy atom. The lowest BCUT2D eigenvalue weighted by Crippen LogP contribution is -2.33. The number of sulfonamides is 1. The van der Waals surface area contributed by atoms with Gasteiger partial charge >= 0.3 is 0 Å². The Balaban J connectivity index is 2.19. The van der Waals surface area contributed by atoms with Gasteiger partial charge in [0.25, 0.3) is 5.91 Å². The second-order valence-electron chi connectivity index (χ2n) is 5.58.